The molecule has 0 spiro atoms. The van der Waals surface area contributed by atoms with Crippen molar-refractivity contribution in [1.29, 1.82) is 5.26 Å². The number of Topliss-reactive ketones (excluding diaryl/α,β-unsaturated/α-hetero) is 1. The lowest BCUT2D eigenvalue weighted by Gasteiger charge is -2.17. The minimum absolute atomic E-state index is 0.0603. The molecule has 1 unspecified atom stereocenters. The fraction of sp³-hybridized carbons (Fsp3) is 0.385. The van der Waals surface area contributed by atoms with Crippen LogP contribution in [-0.2, 0) is 0 Å². The van der Waals surface area contributed by atoms with Crippen molar-refractivity contribution >= 4 is 21.7 Å². The van der Waals surface area contributed by atoms with E-state index in [0.717, 1.165) is 4.47 Å². The van der Waals surface area contributed by atoms with Crippen LogP contribution in [0.4, 0.5) is 0 Å². The molecule has 90 valence electrons. The summed E-state index contributed by atoms with van der Waals surface area (Å²) < 4.78 is 0.812. The van der Waals surface area contributed by atoms with Gasteiger partial charge in [-0.3, -0.25) is 9.69 Å². The van der Waals surface area contributed by atoms with Crippen molar-refractivity contribution in [3.8, 4) is 6.07 Å². The summed E-state index contributed by atoms with van der Waals surface area (Å²) >= 11 is 3.36. The Kier molecular flexibility index (Phi) is 5.33. The highest BCUT2D eigenvalue weighted by atomic mass is 79.9. The smallest absolute Gasteiger partial charge is 0.177 e. The number of hydrogen-bond donors (Lipinski definition) is 0. The number of likely N-dealkylation sites (N-methyl/N-ethyl adjacent to an activating group) is 1. The first kappa shape index (κ1) is 13.9. The molecule has 0 fully saturated rings. The van der Waals surface area contributed by atoms with Gasteiger partial charge >= 0.3 is 0 Å². The Balaban J connectivity index is 2.62. The average molecular weight is 295 g/mol. The monoisotopic (exact) mass is 294 g/mol. The minimum Gasteiger partial charge on any atom is -0.298 e. The van der Waals surface area contributed by atoms with E-state index in [1.54, 1.807) is 6.07 Å². The van der Waals surface area contributed by atoms with Gasteiger partial charge in [0.25, 0.3) is 0 Å². The number of nitriles is 1. The Labute approximate surface area is 110 Å². The molecule has 0 saturated heterocycles. The van der Waals surface area contributed by atoms with E-state index in [2.05, 4.69) is 22.0 Å². The molecule has 0 aliphatic heterocycles. The Morgan fingerprint density at radius 2 is 2.18 bits per heavy atom. The summed E-state index contributed by atoms with van der Waals surface area (Å²) in [4.78, 5) is 13.9. The second kappa shape index (κ2) is 6.53. The summed E-state index contributed by atoms with van der Waals surface area (Å²) in [5.74, 6) is -0.00266. The number of rotatable bonds is 5. The second-order valence-electron chi connectivity index (χ2n) is 4.13. The molecule has 0 aliphatic rings. The third kappa shape index (κ3) is 4.29. The normalized spacial score (nSPS) is 12.2. The van der Waals surface area contributed by atoms with Gasteiger partial charge in [-0.05, 0) is 20.0 Å². The molecule has 0 radical (unpaired) electrons. The highest BCUT2D eigenvalue weighted by Crippen LogP contribution is 2.16. The number of carbonyl (C=O) groups is 1. The molecule has 0 amide bonds. The van der Waals surface area contributed by atoms with Crippen molar-refractivity contribution in [2.75, 3.05) is 20.1 Å². The van der Waals surface area contributed by atoms with Crippen molar-refractivity contribution in [1.82, 2.24) is 4.90 Å². The predicted octanol–water partition coefficient (Wildman–Crippen LogP) is 2.72. The van der Waals surface area contributed by atoms with Crippen LogP contribution in [0.5, 0.6) is 0 Å². The van der Waals surface area contributed by atoms with Crippen molar-refractivity contribution in [2.45, 2.75) is 6.92 Å². The molecule has 0 aliphatic carbocycles. The molecule has 17 heavy (non-hydrogen) atoms. The third-order valence-corrected chi connectivity index (χ3v) is 3.09. The van der Waals surface area contributed by atoms with Crippen LogP contribution < -0.4 is 0 Å². The van der Waals surface area contributed by atoms with Gasteiger partial charge in [-0.15, -0.1) is 0 Å². The van der Waals surface area contributed by atoms with E-state index < -0.39 is 0 Å². The van der Waals surface area contributed by atoms with Gasteiger partial charge in [0, 0.05) is 16.6 Å². The molecule has 0 N–H and O–H groups in total. The highest BCUT2D eigenvalue weighted by molar-refractivity contribution is 9.10. The van der Waals surface area contributed by atoms with Gasteiger partial charge in [-0.2, -0.15) is 5.26 Å². The minimum atomic E-state index is -0.0629. The molecule has 0 saturated carbocycles. The van der Waals surface area contributed by atoms with Gasteiger partial charge in [0.05, 0.1) is 18.5 Å². The number of carbonyl (C=O) groups excluding carboxylic acids is 1. The molecule has 1 aromatic rings. The summed E-state index contributed by atoms with van der Waals surface area (Å²) in [5.41, 5.74) is 0.684. The third-order valence-electron chi connectivity index (χ3n) is 2.39. The molecular weight excluding hydrogens is 280 g/mol. The fourth-order valence-electron chi connectivity index (χ4n) is 1.59. The van der Waals surface area contributed by atoms with Crippen LogP contribution in [0.3, 0.4) is 0 Å². The summed E-state index contributed by atoms with van der Waals surface area (Å²) in [6.07, 6.45) is 0. The first-order chi connectivity index (χ1) is 8.04. The van der Waals surface area contributed by atoms with E-state index in [0.29, 0.717) is 18.7 Å². The van der Waals surface area contributed by atoms with Crippen molar-refractivity contribution in [3.05, 3.63) is 34.3 Å². The number of benzene rings is 1. The maximum Gasteiger partial charge on any atom is 0.177 e. The van der Waals surface area contributed by atoms with Gasteiger partial charge in [0.1, 0.15) is 0 Å². The maximum absolute atomic E-state index is 12.0. The zero-order valence-corrected chi connectivity index (χ0v) is 11.6. The van der Waals surface area contributed by atoms with Gasteiger partial charge in [0.2, 0.25) is 0 Å². The molecule has 1 rings (SSSR count). The van der Waals surface area contributed by atoms with Crippen LogP contribution in [0.1, 0.15) is 17.3 Å². The first-order valence-electron chi connectivity index (χ1n) is 5.40. The van der Waals surface area contributed by atoms with Gasteiger partial charge in [0.15, 0.2) is 5.78 Å². The van der Waals surface area contributed by atoms with Crippen molar-refractivity contribution in [2.24, 2.45) is 5.92 Å². The Hall–Kier alpha value is -1.18. The molecule has 4 heteroatoms. The number of nitrogens with zero attached hydrogens (tertiary/aromatic N) is 2. The van der Waals surface area contributed by atoms with Crippen LogP contribution in [0.25, 0.3) is 0 Å². The molecule has 0 bridgehead atoms. The van der Waals surface area contributed by atoms with Gasteiger partial charge < -0.3 is 0 Å². The summed E-state index contributed by atoms with van der Waals surface area (Å²) in [6.45, 7) is 2.78. The fourth-order valence-corrected chi connectivity index (χ4v) is 2.10. The maximum atomic E-state index is 12.0. The molecule has 1 atom stereocenters. The Bertz CT molecular complexity index is 439. The summed E-state index contributed by atoms with van der Waals surface area (Å²) in [5, 5.41) is 8.71. The van der Waals surface area contributed by atoms with E-state index in [1.807, 2.05) is 37.1 Å². The molecule has 0 heterocycles. The summed E-state index contributed by atoms with van der Waals surface area (Å²) in [7, 11) is 1.85. The predicted molar refractivity (Wildman–Crippen MR) is 70.7 cm³/mol. The highest BCUT2D eigenvalue weighted by Gasteiger charge is 2.13. The van der Waals surface area contributed by atoms with E-state index in [9.17, 15) is 4.79 Å². The van der Waals surface area contributed by atoms with Crippen LogP contribution in [-0.4, -0.2) is 30.8 Å². The standard InChI is InChI=1S/C13H15BrN2O/c1-10(7-15)8-16(2)9-13(17)11-5-3-4-6-12(11)14/h3-6,10H,8-9H2,1-2H3. The number of hydrogen-bond acceptors (Lipinski definition) is 3. The second-order valence-corrected chi connectivity index (χ2v) is 4.98. The zero-order valence-electron chi connectivity index (χ0n) is 9.98. The molecule has 3 nitrogen and oxygen atoms in total. The van der Waals surface area contributed by atoms with Gasteiger partial charge in [-0.1, -0.05) is 34.1 Å². The topological polar surface area (TPSA) is 44.1 Å². The lowest BCUT2D eigenvalue weighted by Crippen LogP contribution is -2.29. The molecule has 1 aromatic carbocycles. The molecular formula is C13H15BrN2O. The van der Waals surface area contributed by atoms with Gasteiger partial charge in [-0.25, -0.2) is 0 Å². The van der Waals surface area contributed by atoms with Crippen LogP contribution in [0, 0.1) is 17.2 Å². The largest absolute Gasteiger partial charge is 0.298 e. The molecule has 0 aromatic heterocycles. The Morgan fingerprint density at radius 1 is 1.53 bits per heavy atom. The number of halogens is 1. The quantitative estimate of drug-likeness (QED) is 0.785. The Morgan fingerprint density at radius 3 is 2.76 bits per heavy atom. The van der Waals surface area contributed by atoms with E-state index >= 15 is 0 Å². The van der Waals surface area contributed by atoms with E-state index in [4.69, 9.17) is 5.26 Å². The van der Waals surface area contributed by atoms with Crippen LogP contribution in [0.15, 0.2) is 28.7 Å². The van der Waals surface area contributed by atoms with E-state index in [-0.39, 0.29) is 11.7 Å². The van der Waals surface area contributed by atoms with Crippen LogP contribution >= 0.6 is 15.9 Å². The SMILES string of the molecule is CC(C#N)CN(C)CC(=O)c1ccccc1Br. The first-order valence-corrected chi connectivity index (χ1v) is 6.19. The van der Waals surface area contributed by atoms with Crippen molar-refractivity contribution in [3.63, 3.8) is 0 Å². The van der Waals surface area contributed by atoms with E-state index in [1.165, 1.54) is 0 Å². The average Bonchev–Trinajstić information content (AvgIpc) is 2.29. The van der Waals surface area contributed by atoms with Crippen LogP contribution in [0.2, 0.25) is 0 Å². The lowest BCUT2D eigenvalue weighted by molar-refractivity contribution is 0.0942. The number of ketones is 1. The van der Waals surface area contributed by atoms with Crippen molar-refractivity contribution < 1.29 is 4.79 Å². The lowest BCUT2D eigenvalue weighted by atomic mass is 10.1. The summed E-state index contributed by atoms with van der Waals surface area (Å²) in [6, 6.07) is 9.53. The zero-order chi connectivity index (χ0) is 12.8.